The van der Waals surface area contributed by atoms with Gasteiger partial charge in [-0.2, -0.15) is 0 Å². The molecule has 2 aromatic carbocycles. The summed E-state index contributed by atoms with van der Waals surface area (Å²) in [5.41, 5.74) is 1.27. The van der Waals surface area contributed by atoms with Gasteiger partial charge < -0.3 is 10.2 Å². The molecule has 0 saturated heterocycles. The molecule has 2 nitrogen and oxygen atoms in total. The fraction of sp³-hybridized carbons (Fsp3) is 0.286. The van der Waals surface area contributed by atoms with E-state index in [1.54, 1.807) is 0 Å². The van der Waals surface area contributed by atoms with E-state index in [-0.39, 0.29) is 0 Å². The van der Waals surface area contributed by atoms with E-state index in [0.29, 0.717) is 0 Å². The lowest BCUT2D eigenvalue weighted by atomic mass is 10.1. The van der Waals surface area contributed by atoms with Gasteiger partial charge in [0.05, 0.1) is 0 Å². The fourth-order valence-electron chi connectivity index (χ4n) is 1.82. The fourth-order valence-corrected chi connectivity index (χ4v) is 1.82. The normalized spacial score (nSPS) is 10.6. The molecule has 0 aliphatic heterocycles. The third-order valence-electron chi connectivity index (χ3n) is 2.87. The summed E-state index contributed by atoms with van der Waals surface area (Å²) >= 11 is 0. The van der Waals surface area contributed by atoms with Crippen LogP contribution in [0, 0.1) is 0 Å². The van der Waals surface area contributed by atoms with Crippen LogP contribution >= 0.6 is 0 Å². The highest BCUT2D eigenvalue weighted by Gasteiger charge is 2.00. The lowest BCUT2D eigenvalue weighted by Gasteiger charge is -2.19. The van der Waals surface area contributed by atoms with Gasteiger partial charge in [-0.25, -0.2) is 0 Å². The van der Waals surface area contributed by atoms with Crippen LogP contribution in [0.15, 0.2) is 42.5 Å². The molecule has 2 heteroatoms. The summed E-state index contributed by atoms with van der Waals surface area (Å²) in [6, 6.07) is 15.1. The number of rotatable bonds is 4. The van der Waals surface area contributed by atoms with Crippen LogP contribution in [0.3, 0.4) is 0 Å². The minimum Gasteiger partial charge on any atom is -0.373 e. The average Bonchev–Trinajstić information content (AvgIpc) is 2.35. The Morgan fingerprint density at radius 2 is 1.81 bits per heavy atom. The van der Waals surface area contributed by atoms with Crippen molar-refractivity contribution in [3.8, 4) is 0 Å². The molecule has 0 saturated carbocycles. The predicted molar refractivity (Wildman–Crippen MR) is 71.1 cm³/mol. The van der Waals surface area contributed by atoms with E-state index in [1.165, 1.54) is 16.5 Å². The quantitative estimate of drug-likeness (QED) is 0.841. The van der Waals surface area contributed by atoms with Crippen molar-refractivity contribution >= 4 is 16.5 Å². The maximum absolute atomic E-state index is 3.16. The molecule has 2 rings (SSSR count). The predicted octanol–water partition coefficient (Wildman–Crippen LogP) is 2.50. The molecule has 16 heavy (non-hydrogen) atoms. The molecule has 0 heterocycles. The second-order valence-corrected chi connectivity index (χ2v) is 4.06. The number of fused-ring (bicyclic) bond motifs is 1. The molecule has 0 aliphatic rings. The molecule has 84 valence electrons. The molecule has 1 N–H and O–H groups in total. The summed E-state index contributed by atoms with van der Waals surface area (Å²) < 4.78 is 0. The SMILES string of the molecule is CNCCN(C)c1ccc2ccccc2c1. The first-order valence-electron chi connectivity index (χ1n) is 5.66. The zero-order valence-corrected chi connectivity index (χ0v) is 9.90. The van der Waals surface area contributed by atoms with Gasteiger partial charge >= 0.3 is 0 Å². The summed E-state index contributed by atoms with van der Waals surface area (Å²) in [7, 11) is 4.11. The number of nitrogens with zero attached hydrogens (tertiary/aromatic N) is 1. The second kappa shape index (κ2) is 4.99. The number of hydrogen-bond acceptors (Lipinski definition) is 2. The van der Waals surface area contributed by atoms with E-state index in [1.807, 2.05) is 7.05 Å². The molecule has 0 fully saturated rings. The molecule has 0 aliphatic carbocycles. The topological polar surface area (TPSA) is 15.3 Å². The second-order valence-electron chi connectivity index (χ2n) is 4.06. The van der Waals surface area contributed by atoms with Crippen LogP contribution < -0.4 is 10.2 Å². The van der Waals surface area contributed by atoms with Crippen LogP contribution in [0.25, 0.3) is 10.8 Å². The molecule has 0 radical (unpaired) electrons. The van der Waals surface area contributed by atoms with Gasteiger partial charge in [-0.3, -0.25) is 0 Å². The number of anilines is 1. The van der Waals surface area contributed by atoms with Gasteiger partial charge in [-0.1, -0.05) is 30.3 Å². The summed E-state index contributed by atoms with van der Waals surface area (Å²) in [6.07, 6.45) is 0. The molecule has 0 atom stereocenters. The molecular formula is C14H18N2. The van der Waals surface area contributed by atoms with E-state index in [0.717, 1.165) is 13.1 Å². The molecular weight excluding hydrogens is 196 g/mol. The van der Waals surface area contributed by atoms with Crippen molar-refractivity contribution in [3.63, 3.8) is 0 Å². The number of likely N-dealkylation sites (N-methyl/N-ethyl adjacent to an activating group) is 2. The van der Waals surface area contributed by atoms with Crippen molar-refractivity contribution in [3.05, 3.63) is 42.5 Å². The first kappa shape index (κ1) is 11.0. The van der Waals surface area contributed by atoms with Crippen molar-refractivity contribution < 1.29 is 0 Å². The van der Waals surface area contributed by atoms with Gasteiger partial charge in [0.1, 0.15) is 0 Å². The molecule has 0 unspecified atom stereocenters. The summed E-state index contributed by atoms with van der Waals surface area (Å²) in [6.45, 7) is 2.03. The van der Waals surface area contributed by atoms with Gasteiger partial charge in [0.25, 0.3) is 0 Å². The maximum Gasteiger partial charge on any atom is 0.0370 e. The van der Waals surface area contributed by atoms with Crippen molar-refractivity contribution in [1.82, 2.24) is 5.32 Å². The maximum atomic E-state index is 3.16. The average molecular weight is 214 g/mol. The molecule has 0 bridgehead atoms. The van der Waals surface area contributed by atoms with Crippen molar-refractivity contribution in [2.24, 2.45) is 0 Å². The Morgan fingerprint density at radius 1 is 1.06 bits per heavy atom. The molecule has 0 spiro atoms. The highest BCUT2D eigenvalue weighted by molar-refractivity contribution is 5.85. The first-order chi connectivity index (χ1) is 7.81. The van der Waals surface area contributed by atoms with Gasteiger partial charge in [-0.15, -0.1) is 0 Å². The Kier molecular flexibility index (Phi) is 3.42. The Morgan fingerprint density at radius 3 is 2.56 bits per heavy atom. The third-order valence-corrected chi connectivity index (χ3v) is 2.87. The van der Waals surface area contributed by atoms with E-state index >= 15 is 0 Å². The summed E-state index contributed by atoms with van der Waals surface area (Å²) in [4.78, 5) is 2.27. The first-order valence-corrected chi connectivity index (χ1v) is 5.66. The van der Waals surface area contributed by atoms with Gasteiger partial charge in [0.15, 0.2) is 0 Å². The van der Waals surface area contributed by atoms with Crippen LogP contribution in [0.2, 0.25) is 0 Å². The number of benzene rings is 2. The van der Waals surface area contributed by atoms with Crippen LogP contribution in [0.1, 0.15) is 0 Å². The lowest BCUT2D eigenvalue weighted by Crippen LogP contribution is -2.26. The molecule has 0 aromatic heterocycles. The van der Waals surface area contributed by atoms with E-state index in [9.17, 15) is 0 Å². The highest BCUT2D eigenvalue weighted by atomic mass is 15.1. The van der Waals surface area contributed by atoms with E-state index < -0.39 is 0 Å². The van der Waals surface area contributed by atoms with Crippen molar-refractivity contribution in [1.29, 1.82) is 0 Å². The van der Waals surface area contributed by atoms with Crippen LogP contribution in [0.5, 0.6) is 0 Å². The van der Waals surface area contributed by atoms with Gasteiger partial charge in [-0.05, 0) is 30.0 Å². The monoisotopic (exact) mass is 214 g/mol. The summed E-state index contributed by atoms with van der Waals surface area (Å²) in [5, 5.41) is 5.77. The van der Waals surface area contributed by atoms with Crippen LogP contribution in [-0.2, 0) is 0 Å². The minimum absolute atomic E-state index is 1.00. The van der Waals surface area contributed by atoms with Crippen molar-refractivity contribution in [2.45, 2.75) is 0 Å². The Bertz CT molecular complexity index is 465. The minimum atomic E-state index is 1.00. The van der Waals surface area contributed by atoms with Crippen LogP contribution in [0.4, 0.5) is 5.69 Å². The van der Waals surface area contributed by atoms with Gasteiger partial charge in [0.2, 0.25) is 0 Å². The number of nitrogens with one attached hydrogen (secondary N) is 1. The summed E-state index contributed by atoms with van der Waals surface area (Å²) in [5.74, 6) is 0. The Balaban J connectivity index is 2.25. The zero-order chi connectivity index (χ0) is 11.4. The zero-order valence-electron chi connectivity index (χ0n) is 9.90. The smallest absolute Gasteiger partial charge is 0.0370 e. The highest BCUT2D eigenvalue weighted by Crippen LogP contribution is 2.20. The van der Waals surface area contributed by atoms with E-state index in [2.05, 4.69) is 59.7 Å². The Hall–Kier alpha value is -1.54. The van der Waals surface area contributed by atoms with E-state index in [4.69, 9.17) is 0 Å². The number of hydrogen-bond donors (Lipinski definition) is 1. The largest absolute Gasteiger partial charge is 0.373 e. The van der Waals surface area contributed by atoms with Gasteiger partial charge in [0, 0.05) is 25.8 Å². The van der Waals surface area contributed by atoms with Crippen LogP contribution in [-0.4, -0.2) is 27.2 Å². The lowest BCUT2D eigenvalue weighted by molar-refractivity contribution is 0.768. The Labute approximate surface area is 96.9 Å². The molecule has 2 aromatic rings. The third kappa shape index (κ3) is 2.34. The van der Waals surface area contributed by atoms with Crippen molar-refractivity contribution in [2.75, 3.05) is 32.1 Å². The molecule has 0 amide bonds. The standard InChI is InChI=1S/C14H18N2/c1-15-9-10-16(2)14-8-7-12-5-3-4-6-13(12)11-14/h3-8,11,15H,9-10H2,1-2H3.